The summed E-state index contributed by atoms with van der Waals surface area (Å²) in [5, 5.41) is 0. The number of nitrogens with two attached hydrogens (primary N) is 1. The fraction of sp³-hybridized carbons (Fsp3) is 0.333. The van der Waals surface area contributed by atoms with E-state index in [1.165, 1.54) is 5.56 Å². The SMILES string of the molecule is CCOCc1nc(N)cc(N(C)c2ccc(C)cc2)n1. The van der Waals surface area contributed by atoms with Gasteiger partial charge in [0, 0.05) is 25.4 Å². The Balaban J connectivity index is 2.26. The lowest BCUT2D eigenvalue weighted by atomic mass is 10.2. The first-order valence-corrected chi connectivity index (χ1v) is 6.61. The van der Waals surface area contributed by atoms with Gasteiger partial charge in [-0.15, -0.1) is 0 Å². The zero-order valence-corrected chi connectivity index (χ0v) is 12.1. The third-order valence-electron chi connectivity index (χ3n) is 2.98. The highest BCUT2D eigenvalue weighted by atomic mass is 16.5. The molecular weight excluding hydrogens is 252 g/mol. The molecule has 2 rings (SSSR count). The molecule has 0 saturated heterocycles. The third-order valence-corrected chi connectivity index (χ3v) is 2.98. The van der Waals surface area contributed by atoms with Crippen molar-refractivity contribution in [3.05, 3.63) is 41.7 Å². The fourth-order valence-corrected chi connectivity index (χ4v) is 1.83. The van der Waals surface area contributed by atoms with Crippen molar-refractivity contribution in [3.63, 3.8) is 0 Å². The van der Waals surface area contributed by atoms with E-state index in [0.29, 0.717) is 24.9 Å². The molecule has 2 N–H and O–H groups in total. The van der Waals surface area contributed by atoms with Crippen molar-refractivity contribution in [2.24, 2.45) is 0 Å². The van der Waals surface area contributed by atoms with E-state index in [9.17, 15) is 0 Å². The Labute approximate surface area is 119 Å². The molecule has 0 unspecified atom stereocenters. The quantitative estimate of drug-likeness (QED) is 0.906. The number of aryl methyl sites for hydroxylation is 1. The predicted molar refractivity (Wildman–Crippen MR) is 81.0 cm³/mol. The van der Waals surface area contributed by atoms with Crippen LogP contribution < -0.4 is 10.6 Å². The molecule has 5 nitrogen and oxygen atoms in total. The zero-order valence-electron chi connectivity index (χ0n) is 12.1. The summed E-state index contributed by atoms with van der Waals surface area (Å²) in [5.41, 5.74) is 8.11. The number of rotatable bonds is 5. The normalized spacial score (nSPS) is 10.6. The lowest BCUT2D eigenvalue weighted by Gasteiger charge is -2.19. The maximum absolute atomic E-state index is 5.84. The Morgan fingerprint density at radius 3 is 2.55 bits per heavy atom. The van der Waals surface area contributed by atoms with Gasteiger partial charge >= 0.3 is 0 Å². The van der Waals surface area contributed by atoms with Crippen LogP contribution in [0.2, 0.25) is 0 Å². The van der Waals surface area contributed by atoms with E-state index in [1.54, 1.807) is 6.07 Å². The first kappa shape index (κ1) is 14.3. The lowest BCUT2D eigenvalue weighted by molar-refractivity contribution is 0.128. The Morgan fingerprint density at radius 1 is 1.20 bits per heavy atom. The van der Waals surface area contributed by atoms with Gasteiger partial charge < -0.3 is 15.4 Å². The summed E-state index contributed by atoms with van der Waals surface area (Å²) in [5.74, 6) is 1.81. The van der Waals surface area contributed by atoms with E-state index in [2.05, 4.69) is 41.2 Å². The van der Waals surface area contributed by atoms with Crippen molar-refractivity contribution < 1.29 is 4.74 Å². The van der Waals surface area contributed by atoms with E-state index in [-0.39, 0.29) is 0 Å². The molecule has 0 aliphatic heterocycles. The molecule has 0 aliphatic carbocycles. The highest BCUT2D eigenvalue weighted by molar-refractivity contribution is 5.61. The number of anilines is 3. The van der Waals surface area contributed by atoms with Gasteiger partial charge in [0.25, 0.3) is 0 Å². The summed E-state index contributed by atoms with van der Waals surface area (Å²) in [4.78, 5) is 10.6. The molecule has 0 bridgehead atoms. The molecule has 0 radical (unpaired) electrons. The minimum absolute atomic E-state index is 0.371. The molecule has 20 heavy (non-hydrogen) atoms. The molecule has 5 heteroatoms. The molecular formula is C15H20N4O. The Hall–Kier alpha value is -2.14. The monoisotopic (exact) mass is 272 g/mol. The number of nitrogen functional groups attached to an aromatic ring is 1. The van der Waals surface area contributed by atoms with E-state index < -0.39 is 0 Å². The smallest absolute Gasteiger partial charge is 0.158 e. The first-order chi connectivity index (χ1) is 9.60. The van der Waals surface area contributed by atoms with Crippen LogP contribution in [0.5, 0.6) is 0 Å². The summed E-state index contributed by atoms with van der Waals surface area (Å²) >= 11 is 0. The van der Waals surface area contributed by atoms with Crippen LogP contribution in [0.15, 0.2) is 30.3 Å². The second-order valence-electron chi connectivity index (χ2n) is 4.60. The van der Waals surface area contributed by atoms with Gasteiger partial charge in [-0.1, -0.05) is 17.7 Å². The average Bonchev–Trinajstić information content (AvgIpc) is 2.44. The molecule has 1 aromatic carbocycles. The summed E-state index contributed by atoms with van der Waals surface area (Å²) in [6.07, 6.45) is 0. The number of benzene rings is 1. The van der Waals surface area contributed by atoms with Crippen LogP contribution in [-0.4, -0.2) is 23.6 Å². The van der Waals surface area contributed by atoms with Crippen LogP contribution in [-0.2, 0) is 11.3 Å². The van der Waals surface area contributed by atoms with E-state index in [0.717, 1.165) is 11.5 Å². The maximum Gasteiger partial charge on any atom is 0.158 e. The van der Waals surface area contributed by atoms with Crippen molar-refractivity contribution in [2.75, 3.05) is 24.3 Å². The van der Waals surface area contributed by atoms with Crippen LogP contribution in [0.1, 0.15) is 18.3 Å². The number of aromatic nitrogens is 2. The van der Waals surface area contributed by atoms with Gasteiger partial charge in [-0.3, -0.25) is 0 Å². The molecule has 0 saturated carbocycles. The van der Waals surface area contributed by atoms with E-state index >= 15 is 0 Å². The lowest BCUT2D eigenvalue weighted by Crippen LogP contribution is -2.14. The van der Waals surface area contributed by atoms with Crippen molar-refractivity contribution in [2.45, 2.75) is 20.5 Å². The minimum atomic E-state index is 0.371. The van der Waals surface area contributed by atoms with Gasteiger partial charge in [-0.2, -0.15) is 0 Å². The Kier molecular flexibility index (Phi) is 4.53. The van der Waals surface area contributed by atoms with Gasteiger partial charge in [-0.25, -0.2) is 9.97 Å². The van der Waals surface area contributed by atoms with Crippen molar-refractivity contribution in [3.8, 4) is 0 Å². The van der Waals surface area contributed by atoms with Gasteiger partial charge in [0.05, 0.1) is 0 Å². The highest BCUT2D eigenvalue weighted by Gasteiger charge is 2.09. The molecule has 0 atom stereocenters. The number of hydrogen-bond donors (Lipinski definition) is 1. The van der Waals surface area contributed by atoms with Gasteiger partial charge in [0.15, 0.2) is 5.82 Å². The number of hydrogen-bond acceptors (Lipinski definition) is 5. The molecule has 1 heterocycles. The topological polar surface area (TPSA) is 64.3 Å². The van der Waals surface area contributed by atoms with Gasteiger partial charge in [0.1, 0.15) is 18.2 Å². The minimum Gasteiger partial charge on any atom is -0.384 e. The standard InChI is InChI=1S/C15H20N4O/c1-4-20-10-14-17-13(16)9-15(18-14)19(3)12-7-5-11(2)6-8-12/h5-9H,4,10H2,1-3H3,(H2,16,17,18). The third kappa shape index (κ3) is 3.45. The molecule has 2 aromatic rings. The van der Waals surface area contributed by atoms with Gasteiger partial charge in [-0.05, 0) is 26.0 Å². The summed E-state index contributed by atoms with van der Waals surface area (Å²) in [6.45, 7) is 5.00. The summed E-state index contributed by atoms with van der Waals surface area (Å²) in [6, 6.07) is 10.00. The second-order valence-corrected chi connectivity index (χ2v) is 4.60. The number of nitrogens with zero attached hydrogens (tertiary/aromatic N) is 3. The highest BCUT2D eigenvalue weighted by Crippen LogP contribution is 2.23. The predicted octanol–water partition coefficient (Wildman–Crippen LogP) is 2.67. The molecule has 0 aliphatic rings. The average molecular weight is 272 g/mol. The van der Waals surface area contributed by atoms with Crippen LogP contribution in [0.3, 0.4) is 0 Å². The van der Waals surface area contributed by atoms with E-state index in [1.807, 2.05) is 18.9 Å². The molecule has 0 fully saturated rings. The van der Waals surface area contributed by atoms with Crippen LogP contribution in [0.25, 0.3) is 0 Å². The Morgan fingerprint density at radius 2 is 1.90 bits per heavy atom. The van der Waals surface area contributed by atoms with Crippen molar-refractivity contribution in [1.82, 2.24) is 9.97 Å². The van der Waals surface area contributed by atoms with Crippen LogP contribution in [0.4, 0.5) is 17.3 Å². The molecule has 0 spiro atoms. The van der Waals surface area contributed by atoms with Gasteiger partial charge in [0.2, 0.25) is 0 Å². The molecule has 106 valence electrons. The summed E-state index contributed by atoms with van der Waals surface area (Å²) < 4.78 is 5.33. The maximum atomic E-state index is 5.84. The van der Waals surface area contributed by atoms with E-state index in [4.69, 9.17) is 10.5 Å². The second kappa shape index (κ2) is 6.34. The van der Waals surface area contributed by atoms with Crippen molar-refractivity contribution in [1.29, 1.82) is 0 Å². The number of ether oxygens (including phenoxy) is 1. The first-order valence-electron chi connectivity index (χ1n) is 6.61. The largest absolute Gasteiger partial charge is 0.384 e. The van der Waals surface area contributed by atoms with Crippen LogP contribution in [0, 0.1) is 6.92 Å². The van der Waals surface area contributed by atoms with Crippen LogP contribution >= 0.6 is 0 Å². The molecule has 1 aromatic heterocycles. The van der Waals surface area contributed by atoms with Crippen molar-refractivity contribution >= 4 is 17.3 Å². The summed E-state index contributed by atoms with van der Waals surface area (Å²) in [7, 11) is 1.96. The zero-order chi connectivity index (χ0) is 14.5. The molecule has 0 amide bonds. The fourth-order valence-electron chi connectivity index (χ4n) is 1.83. The Bertz CT molecular complexity index is 569.